The number of nitrogens with one attached hydrogen (secondary N) is 3. The molecule has 3 heterocycles. The summed E-state index contributed by atoms with van der Waals surface area (Å²) in [5.74, 6) is 0.654. The molecule has 2 aliphatic heterocycles. The van der Waals surface area contributed by atoms with Crippen LogP contribution in [0.1, 0.15) is 66.8 Å². The van der Waals surface area contributed by atoms with Gasteiger partial charge in [0.05, 0.1) is 12.6 Å². The molecular weight excluding hydrogens is 604 g/mol. The minimum atomic E-state index is -0.670. The zero-order valence-electron chi connectivity index (χ0n) is 25.4. The van der Waals surface area contributed by atoms with Crippen molar-refractivity contribution in [2.75, 3.05) is 23.8 Å². The summed E-state index contributed by atoms with van der Waals surface area (Å²) < 4.78 is 5.82. The standard InChI is InChI=1S/C33H30N8O6/c1-16-20-6-7-23(22(20)5-4-21(16)31-38-17(2)47-40-31)39-33(45)25-12-24(36-15-37-25)32(44)35-13-18-3-8-26-19(11-18)14-41(9-10-46-26)28-27(34)29(42)30(28)43/h3-5,8,11-12,15,23H,2,6-7,9-10,13-14,34H2,1H3,(H,35,44)(H,38,40)(H,39,45)/t23-/m0/s1. The summed E-state index contributed by atoms with van der Waals surface area (Å²) >= 11 is 0. The molecule has 3 aromatic carbocycles. The number of nitrogen functional groups attached to an aromatic ring is 1. The fourth-order valence-corrected chi connectivity index (χ4v) is 6.25. The van der Waals surface area contributed by atoms with Crippen LogP contribution < -0.4 is 42.3 Å². The van der Waals surface area contributed by atoms with Gasteiger partial charge in [-0.1, -0.05) is 18.2 Å². The largest absolute Gasteiger partial charge is 0.491 e. The van der Waals surface area contributed by atoms with E-state index in [1.807, 2.05) is 31.2 Å². The van der Waals surface area contributed by atoms with Crippen LogP contribution in [0.15, 0.2) is 69.8 Å². The lowest BCUT2D eigenvalue weighted by Gasteiger charge is -2.24. The number of benzene rings is 2. The molecule has 0 radical (unpaired) electrons. The highest BCUT2D eigenvalue weighted by Gasteiger charge is 2.29. The van der Waals surface area contributed by atoms with Crippen LogP contribution in [-0.2, 0) is 24.3 Å². The summed E-state index contributed by atoms with van der Waals surface area (Å²) in [7, 11) is 0. The second-order valence-corrected chi connectivity index (χ2v) is 11.5. The minimum Gasteiger partial charge on any atom is -0.491 e. The van der Waals surface area contributed by atoms with Crippen LogP contribution >= 0.6 is 0 Å². The molecule has 2 amide bonds. The van der Waals surface area contributed by atoms with Crippen LogP contribution in [0.2, 0.25) is 0 Å². The summed E-state index contributed by atoms with van der Waals surface area (Å²) in [6.07, 6.45) is 2.69. The Balaban J connectivity index is 0.997. The van der Waals surface area contributed by atoms with Gasteiger partial charge in [-0.15, -0.1) is 0 Å². The van der Waals surface area contributed by atoms with Crippen molar-refractivity contribution in [3.63, 3.8) is 0 Å². The van der Waals surface area contributed by atoms with Gasteiger partial charge in [-0.2, -0.15) is 4.99 Å². The quantitative estimate of drug-likeness (QED) is 0.215. The number of ether oxygens (including phenoxy) is 1. The molecule has 238 valence electrons. The number of nitrogens with two attached hydrogens (primary N) is 1. The Labute approximate surface area is 268 Å². The molecule has 1 aromatic heterocycles. The number of nitrogens with zero attached hydrogens (tertiary/aromatic N) is 4. The smallest absolute Gasteiger partial charge is 0.270 e. The number of aliphatic imine (C=N–C) groups is 1. The monoisotopic (exact) mass is 634 g/mol. The van der Waals surface area contributed by atoms with Crippen molar-refractivity contribution < 1.29 is 19.2 Å². The van der Waals surface area contributed by atoms with Gasteiger partial charge in [-0.05, 0) is 60.7 Å². The van der Waals surface area contributed by atoms with Crippen molar-refractivity contribution in [2.45, 2.75) is 38.9 Å². The molecule has 0 fully saturated rings. The highest BCUT2D eigenvalue weighted by atomic mass is 16.7. The van der Waals surface area contributed by atoms with Gasteiger partial charge < -0.3 is 30.8 Å². The van der Waals surface area contributed by atoms with Crippen LogP contribution in [0.4, 0.5) is 11.4 Å². The Morgan fingerprint density at radius 2 is 1.91 bits per heavy atom. The average Bonchev–Trinajstić information content (AvgIpc) is 3.64. The molecule has 14 nitrogen and oxygen atoms in total. The molecule has 47 heavy (non-hydrogen) atoms. The Morgan fingerprint density at radius 1 is 1.11 bits per heavy atom. The lowest BCUT2D eigenvalue weighted by atomic mass is 9.97. The van der Waals surface area contributed by atoms with Gasteiger partial charge in [-0.3, -0.25) is 19.2 Å². The highest BCUT2D eigenvalue weighted by molar-refractivity contribution is 6.01. The Kier molecular flexibility index (Phi) is 7.39. The number of hydrogen-bond acceptors (Lipinski definition) is 12. The van der Waals surface area contributed by atoms with Gasteiger partial charge in [0.2, 0.25) is 5.88 Å². The number of fused-ring (bicyclic) bond motifs is 2. The first-order chi connectivity index (χ1) is 22.7. The normalized spacial score (nSPS) is 16.7. The molecule has 0 bridgehead atoms. The van der Waals surface area contributed by atoms with E-state index in [4.69, 9.17) is 15.3 Å². The first-order valence-electron chi connectivity index (χ1n) is 15.0. The van der Waals surface area contributed by atoms with Crippen LogP contribution in [0, 0.1) is 6.92 Å². The van der Waals surface area contributed by atoms with Gasteiger partial charge >= 0.3 is 0 Å². The third-order valence-corrected chi connectivity index (χ3v) is 8.68. The van der Waals surface area contributed by atoms with Crippen molar-refractivity contribution in [3.05, 3.63) is 120 Å². The van der Waals surface area contributed by atoms with Crippen LogP contribution in [0.25, 0.3) is 0 Å². The van der Waals surface area contributed by atoms with E-state index in [2.05, 4.69) is 37.7 Å². The first-order valence-corrected chi connectivity index (χ1v) is 15.0. The minimum absolute atomic E-state index is 0.0345. The molecule has 0 saturated carbocycles. The maximum atomic E-state index is 13.2. The van der Waals surface area contributed by atoms with Gasteiger partial charge in [0.25, 0.3) is 22.7 Å². The van der Waals surface area contributed by atoms with E-state index >= 15 is 0 Å². The number of hydroxylamine groups is 1. The summed E-state index contributed by atoms with van der Waals surface area (Å²) in [6.45, 7) is 6.92. The van der Waals surface area contributed by atoms with Crippen molar-refractivity contribution in [1.82, 2.24) is 26.1 Å². The molecule has 3 aliphatic rings. The predicted molar refractivity (Wildman–Crippen MR) is 172 cm³/mol. The van der Waals surface area contributed by atoms with Crippen LogP contribution in [0.5, 0.6) is 5.75 Å². The number of rotatable bonds is 7. The van der Waals surface area contributed by atoms with Crippen molar-refractivity contribution in [1.29, 1.82) is 0 Å². The van der Waals surface area contributed by atoms with Gasteiger partial charge in [0, 0.05) is 30.3 Å². The Morgan fingerprint density at radius 3 is 2.68 bits per heavy atom. The van der Waals surface area contributed by atoms with Gasteiger partial charge in [-0.25, -0.2) is 15.4 Å². The summed E-state index contributed by atoms with van der Waals surface area (Å²) in [5, 5.41) is 5.88. The van der Waals surface area contributed by atoms with Crippen LogP contribution in [-0.4, -0.2) is 40.8 Å². The number of carbonyl (C=O) groups excluding carboxylic acids is 2. The molecule has 14 heteroatoms. The third-order valence-electron chi connectivity index (χ3n) is 8.68. The van der Waals surface area contributed by atoms with E-state index in [1.54, 1.807) is 11.0 Å². The Bertz CT molecular complexity index is 2080. The lowest BCUT2D eigenvalue weighted by Crippen LogP contribution is -2.43. The topological polar surface area (TPSA) is 190 Å². The highest BCUT2D eigenvalue weighted by Crippen LogP contribution is 2.35. The number of carbonyl (C=O) groups is 2. The number of amides is 2. The van der Waals surface area contributed by atoms with Crippen molar-refractivity contribution >= 4 is 29.0 Å². The number of anilines is 2. The summed E-state index contributed by atoms with van der Waals surface area (Å²) in [5.41, 5.74) is 13.3. The molecule has 7 rings (SSSR count). The van der Waals surface area contributed by atoms with E-state index in [-0.39, 0.29) is 35.3 Å². The number of aromatic nitrogens is 2. The first kappa shape index (κ1) is 29.6. The summed E-state index contributed by atoms with van der Waals surface area (Å²) in [6, 6.07) is 10.6. The summed E-state index contributed by atoms with van der Waals surface area (Å²) in [4.78, 5) is 69.4. The SMILES string of the molecule is C=C1N=C(c2ccc3c(c2C)CC[C@@H]3NC(=O)c2cc(C(=O)NCc3ccc4c(c3)CN(c3c(N)c(=O)c3=O)CCO4)ncn2)NO1. The molecule has 1 atom stereocenters. The van der Waals surface area contributed by atoms with E-state index < -0.39 is 22.7 Å². The van der Waals surface area contributed by atoms with Gasteiger partial charge in [0.1, 0.15) is 41.4 Å². The van der Waals surface area contributed by atoms with E-state index in [9.17, 15) is 19.2 Å². The zero-order chi connectivity index (χ0) is 32.8. The third kappa shape index (κ3) is 5.43. The fourth-order valence-electron chi connectivity index (χ4n) is 6.25. The molecule has 5 N–H and O–H groups in total. The number of hydrogen-bond donors (Lipinski definition) is 4. The maximum Gasteiger partial charge on any atom is 0.270 e. The average molecular weight is 635 g/mol. The Hall–Kier alpha value is -6.05. The maximum absolute atomic E-state index is 13.2. The second-order valence-electron chi connectivity index (χ2n) is 11.5. The lowest BCUT2D eigenvalue weighted by molar-refractivity contribution is 0.0931. The van der Waals surface area contributed by atoms with Gasteiger partial charge in [0.15, 0.2) is 5.84 Å². The van der Waals surface area contributed by atoms with Crippen LogP contribution in [0.3, 0.4) is 0 Å². The number of amidine groups is 1. The fraction of sp³-hybridized carbons (Fsp3) is 0.242. The second kappa shape index (κ2) is 11.7. The van der Waals surface area contributed by atoms with E-state index in [0.29, 0.717) is 37.2 Å². The van der Waals surface area contributed by atoms with Crippen molar-refractivity contribution in [2.24, 2.45) is 4.99 Å². The van der Waals surface area contributed by atoms with Crippen molar-refractivity contribution in [3.8, 4) is 5.75 Å². The molecule has 4 aromatic rings. The van der Waals surface area contributed by atoms with E-state index in [1.165, 1.54) is 12.4 Å². The van der Waals surface area contributed by atoms with E-state index in [0.717, 1.165) is 46.2 Å². The molecule has 0 spiro atoms. The molecule has 1 aliphatic carbocycles. The molecule has 0 saturated heterocycles. The molecular formula is C33H30N8O6. The molecule has 0 unspecified atom stereocenters. The zero-order valence-corrected chi connectivity index (χ0v) is 25.4. The predicted octanol–water partition coefficient (Wildman–Crippen LogP) is 1.46.